The predicted molar refractivity (Wildman–Crippen MR) is 53.7 cm³/mol. The first-order valence-corrected chi connectivity index (χ1v) is 4.51. The number of pyridine rings is 1. The van der Waals surface area contributed by atoms with Gasteiger partial charge in [-0.3, -0.25) is 0 Å². The van der Waals surface area contributed by atoms with Crippen LogP contribution in [0.1, 0.15) is 12.5 Å². The minimum atomic E-state index is 0.505. The zero-order valence-electron chi connectivity index (χ0n) is 7.59. The predicted octanol–water partition coefficient (Wildman–Crippen LogP) is 2.83. The van der Waals surface area contributed by atoms with Crippen molar-refractivity contribution >= 4 is 11.6 Å². The van der Waals surface area contributed by atoms with Crippen LogP contribution in [0.4, 0.5) is 0 Å². The molecule has 2 nitrogen and oxygen atoms in total. The van der Waals surface area contributed by atoms with E-state index in [0.29, 0.717) is 18.2 Å². The van der Waals surface area contributed by atoms with Crippen LogP contribution in [-0.4, -0.2) is 11.6 Å². The Morgan fingerprint density at radius 2 is 2.38 bits per heavy atom. The van der Waals surface area contributed by atoms with E-state index >= 15 is 0 Å². The van der Waals surface area contributed by atoms with E-state index in [1.165, 1.54) is 0 Å². The maximum absolute atomic E-state index is 5.64. The van der Waals surface area contributed by atoms with Gasteiger partial charge >= 0.3 is 0 Å². The summed E-state index contributed by atoms with van der Waals surface area (Å²) in [6.45, 7) is 6.37. The largest absolute Gasteiger partial charge is 0.498 e. The van der Waals surface area contributed by atoms with Crippen LogP contribution in [0.2, 0.25) is 5.15 Å². The summed E-state index contributed by atoms with van der Waals surface area (Å²) >= 11 is 5.64. The van der Waals surface area contributed by atoms with Crippen molar-refractivity contribution in [1.82, 2.24) is 4.98 Å². The lowest BCUT2D eigenvalue weighted by molar-refractivity contribution is 0.225. The molecule has 0 fully saturated rings. The summed E-state index contributed by atoms with van der Waals surface area (Å²) in [7, 11) is 0. The molecule has 0 bridgehead atoms. The summed E-state index contributed by atoms with van der Waals surface area (Å²) < 4.78 is 5.22. The van der Waals surface area contributed by atoms with Crippen molar-refractivity contribution in [1.29, 1.82) is 0 Å². The molecule has 0 atom stereocenters. The SMILES string of the molecule is C=C(Cc1ccc(Cl)nc1)OCC. The Labute approximate surface area is 83.2 Å². The molecule has 13 heavy (non-hydrogen) atoms. The molecule has 0 aliphatic heterocycles. The molecule has 1 heterocycles. The Hall–Kier alpha value is -1.02. The van der Waals surface area contributed by atoms with Crippen molar-refractivity contribution in [3.8, 4) is 0 Å². The van der Waals surface area contributed by atoms with Crippen LogP contribution in [0.5, 0.6) is 0 Å². The highest BCUT2D eigenvalue weighted by atomic mass is 35.5. The molecular formula is C10H12ClNO. The third-order valence-corrected chi connectivity index (χ3v) is 1.76. The lowest BCUT2D eigenvalue weighted by Crippen LogP contribution is -1.95. The number of nitrogens with zero attached hydrogens (tertiary/aromatic N) is 1. The number of aromatic nitrogens is 1. The Kier molecular flexibility index (Phi) is 3.77. The van der Waals surface area contributed by atoms with Crippen molar-refractivity contribution < 1.29 is 4.74 Å². The van der Waals surface area contributed by atoms with Gasteiger partial charge in [0.15, 0.2) is 0 Å². The van der Waals surface area contributed by atoms with E-state index in [-0.39, 0.29) is 0 Å². The second-order valence-electron chi connectivity index (χ2n) is 2.64. The minimum Gasteiger partial charge on any atom is -0.498 e. The van der Waals surface area contributed by atoms with Crippen molar-refractivity contribution in [2.24, 2.45) is 0 Å². The van der Waals surface area contributed by atoms with E-state index in [2.05, 4.69) is 11.6 Å². The Morgan fingerprint density at radius 1 is 1.62 bits per heavy atom. The molecular weight excluding hydrogens is 186 g/mol. The van der Waals surface area contributed by atoms with Gasteiger partial charge in [-0.25, -0.2) is 4.98 Å². The van der Waals surface area contributed by atoms with Crippen molar-refractivity contribution in [3.05, 3.63) is 41.4 Å². The Bertz CT molecular complexity index is 281. The topological polar surface area (TPSA) is 22.1 Å². The molecule has 70 valence electrons. The molecule has 0 radical (unpaired) electrons. The molecule has 0 aliphatic rings. The third-order valence-electron chi connectivity index (χ3n) is 1.54. The summed E-state index contributed by atoms with van der Waals surface area (Å²) in [6.07, 6.45) is 2.42. The standard InChI is InChI=1S/C10H12ClNO/c1-3-13-8(2)6-9-4-5-10(11)12-7-9/h4-5,7H,2-3,6H2,1H3. The van der Waals surface area contributed by atoms with Gasteiger partial charge in [0.25, 0.3) is 0 Å². The molecule has 3 heteroatoms. The van der Waals surface area contributed by atoms with Crippen LogP contribution >= 0.6 is 11.6 Å². The molecule has 0 N–H and O–H groups in total. The second-order valence-corrected chi connectivity index (χ2v) is 3.02. The van der Waals surface area contributed by atoms with Crippen LogP contribution in [0.25, 0.3) is 0 Å². The third kappa shape index (κ3) is 3.47. The Morgan fingerprint density at radius 3 is 2.92 bits per heavy atom. The number of rotatable bonds is 4. The number of ether oxygens (including phenoxy) is 1. The highest BCUT2D eigenvalue weighted by Crippen LogP contribution is 2.09. The van der Waals surface area contributed by atoms with E-state index in [1.54, 1.807) is 12.3 Å². The van der Waals surface area contributed by atoms with Crippen LogP contribution in [0, 0.1) is 0 Å². The fourth-order valence-corrected chi connectivity index (χ4v) is 1.11. The summed E-state index contributed by atoms with van der Waals surface area (Å²) in [6, 6.07) is 3.68. The second kappa shape index (κ2) is 4.87. The van der Waals surface area contributed by atoms with Gasteiger partial charge in [0, 0.05) is 12.6 Å². The number of allylic oxidation sites excluding steroid dienone is 1. The van der Waals surface area contributed by atoms with Gasteiger partial charge in [-0.2, -0.15) is 0 Å². The van der Waals surface area contributed by atoms with Gasteiger partial charge in [-0.1, -0.05) is 24.2 Å². The summed E-state index contributed by atoms with van der Waals surface area (Å²) in [4.78, 5) is 3.96. The minimum absolute atomic E-state index is 0.505. The lowest BCUT2D eigenvalue weighted by atomic mass is 10.2. The van der Waals surface area contributed by atoms with Gasteiger partial charge in [0.2, 0.25) is 0 Å². The number of hydrogen-bond acceptors (Lipinski definition) is 2. The molecule has 0 spiro atoms. The van der Waals surface area contributed by atoms with Crippen LogP contribution < -0.4 is 0 Å². The zero-order valence-corrected chi connectivity index (χ0v) is 8.34. The van der Waals surface area contributed by atoms with E-state index < -0.39 is 0 Å². The van der Waals surface area contributed by atoms with Crippen molar-refractivity contribution in [2.75, 3.05) is 6.61 Å². The average molecular weight is 198 g/mol. The number of hydrogen-bond donors (Lipinski definition) is 0. The maximum Gasteiger partial charge on any atom is 0.129 e. The highest BCUT2D eigenvalue weighted by molar-refractivity contribution is 6.29. The summed E-state index contributed by atoms with van der Waals surface area (Å²) in [5.41, 5.74) is 1.06. The zero-order chi connectivity index (χ0) is 9.68. The quantitative estimate of drug-likeness (QED) is 0.547. The molecule has 0 saturated heterocycles. The van der Waals surface area contributed by atoms with Gasteiger partial charge in [-0.05, 0) is 18.6 Å². The van der Waals surface area contributed by atoms with E-state index in [0.717, 1.165) is 11.3 Å². The highest BCUT2D eigenvalue weighted by Gasteiger charge is 1.97. The van der Waals surface area contributed by atoms with E-state index in [4.69, 9.17) is 16.3 Å². The van der Waals surface area contributed by atoms with Gasteiger partial charge in [0.05, 0.1) is 12.4 Å². The van der Waals surface area contributed by atoms with E-state index in [9.17, 15) is 0 Å². The number of halogens is 1. The molecule has 0 saturated carbocycles. The average Bonchev–Trinajstić information content (AvgIpc) is 2.09. The maximum atomic E-state index is 5.64. The first-order chi connectivity index (χ1) is 6.22. The lowest BCUT2D eigenvalue weighted by Gasteiger charge is -2.05. The van der Waals surface area contributed by atoms with Crippen LogP contribution in [-0.2, 0) is 11.2 Å². The normalized spacial score (nSPS) is 9.69. The molecule has 0 amide bonds. The first kappa shape index (κ1) is 10.1. The fourth-order valence-electron chi connectivity index (χ4n) is 0.994. The molecule has 0 aliphatic carbocycles. The van der Waals surface area contributed by atoms with Crippen LogP contribution in [0.3, 0.4) is 0 Å². The van der Waals surface area contributed by atoms with Gasteiger partial charge in [-0.15, -0.1) is 0 Å². The smallest absolute Gasteiger partial charge is 0.129 e. The summed E-state index contributed by atoms with van der Waals surface area (Å²) in [5, 5.41) is 0.505. The molecule has 1 rings (SSSR count). The van der Waals surface area contributed by atoms with Crippen molar-refractivity contribution in [3.63, 3.8) is 0 Å². The van der Waals surface area contributed by atoms with Crippen molar-refractivity contribution in [2.45, 2.75) is 13.3 Å². The summed E-state index contributed by atoms with van der Waals surface area (Å²) in [5.74, 6) is 0.756. The Balaban J connectivity index is 2.54. The molecule has 1 aromatic rings. The monoisotopic (exact) mass is 197 g/mol. The van der Waals surface area contributed by atoms with Gasteiger partial charge in [0.1, 0.15) is 5.15 Å². The van der Waals surface area contributed by atoms with Crippen LogP contribution in [0.15, 0.2) is 30.7 Å². The molecule has 1 aromatic heterocycles. The molecule has 0 aromatic carbocycles. The van der Waals surface area contributed by atoms with Gasteiger partial charge < -0.3 is 4.74 Å². The first-order valence-electron chi connectivity index (χ1n) is 4.13. The fraction of sp³-hybridized carbons (Fsp3) is 0.300. The molecule has 0 unspecified atom stereocenters. The van der Waals surface area contributed by atoms with E-state index in [1.807, 2.05) is 13.0 Å².